The number of halogens is 1. The fourth-order valence-electron chi connectivity index (χ4n) is 1.13. The molecule has 1 N–H and O–H groups in total. The Hall–Kier alpha value is -1.87. The maximum Gasteiger partial charge on any atom is 0.335 e. The number of benzene rings is 1. The molecule has 90 valence electrons. The summed E-state index contributed by atoms with van der Waals surface area (Å²) in [5.41, 5.74) is -0.303. The molecule has 0 heterocycles. The van der Waals surface area contributed by atoms with Gasteiger partial charge in [-0.05, 0) is 25.1 Å². The van der Waals surface area contributed by atoms with Crippen LogP contribution in [-0.2, 0) is 9.84 Å². The summed E-state index contributed by atoms with van der Waals surface area (Å²) in [6.45, 7) is 1.47. The minimum Gasteiger partial charge on any atom is -0.478 e. The van der Waals surface area contributed by atoms with E-state index in [2.05, 4.69) is 11.8 Å². The Morgan fingerprint density at radius 1 is 1.47 bits per heavy atom. The predicted octanol–water partition coefficient (Wildman–Crippen LogP) is 1.32. The van der Waals surface area contributed by atoms with E-state index in [1.54, 1.807) is 0 Å². The van der Waals surface area contributed by atoms with Gasteiger partial charge in [-0.2, -0.15) is 0 Å². The Kier molecular flexibility index (Phi) is 3.86. The van der Waals surface area contributed by atoms with Gasteiger partial charge in [-0.3, -0.25) is 0 Å². The second-order valence-electron chi connectivity index (χ2n) is 3.14. The summed E-state index contributed by atoms with van der Waals surface area (Å²) in [4.78, 5) is 10.0. The number of hydrogen-bond donors (Lipinski definition) is 1. The van der Waals surface area contributed by atoms with E-state index in [0.717, 1.165) is 12.1 Å². The van der Waals surface area contributed by atoms with Gasteiger partial charge in [-0.25, -0.2) is 17.6 Å². The Morgan fingerprint density at radius 3 is 2.59 bits per heavy atom. The maximum absolute atomic E-state index is 13.4. The van der Waals surface area contributed by atoms with E-state index in [1.807, 2.05) is 0 Å². The first-order valence-electron chi connectivity index (χ1n) is 4.53. The molecule has 0 aromatic heterocycles. The lowest BCUT2D eigenvalue weighted by molar-refractivity contribution is 0.0696. The molecule has 0 amide bonds. The van der Waals surface area contributed by atoms with Crippen LogP contribution in [0.2, 0.25) is 0 Å². The van der Waals surface area contributed by atoms with Gasteiger partial charge in [0.25, 0.3) is 0 Å². The van der Waals surface area contributed by atoms with Gasteiger partial charge in [-0.15, -0.1) is 5.92 Å². The van der Waals surface area contributed by atoms with Crippen LogP contribution in [0.4, 0.5) is 4.39 Å². The van der Waals surface area contributed by atoms with Crippen molar-refractivity contribution in [2.75, 3.05) is 5.75 Å². The number of carbonyl (C=O) groups is 1. The van der Waals surface area contributed by atoms with Crippen LogP contribution < -0.4 is 0 Å². The normalized spacial score (nSPS) is 10.5. The van der Waals surface area contributed by atoms with Gasteiger partial charge < -0.3 is 5.11 Å². The van der Waals surface area contributed by atoms with Crippen LogP contribution in [0.5, 0.6) is 0 Å². The molecule has 0 aliphatic rings. The maximum atomic E-state index is 13.4. The Bertz CT molecular complexity index is 608. The molecule has 0 unspecified atom stereocenters. The topological polar surface area (TPSA) is 71.4 Å². The van der Waals surface area contributed by atoms with Crippen molar-refractivity contribution in [2.45, 2.75) is 11.8 Å². The third kappa shape index (κ3) is 3.04. The second-order valence-corrected chi connectivity index (χ2v) is 5.09. The molecule has 4 nitrogen and oxygen atoms in total. The van der Waals surface area contributed by atoms with Crippen LogP contribution >= 0.6 is 0 Å². The molecule has 1 aromatic carbocycles. The zero-order chi connectivity index (χ0) is 13.1. The molecule has 0 radical (unpaired) electrons. The van der Waals surface area contributed by atoms with Gasteiger partial charge in [-0.1, -0.05) is 5.92 Å². The van der Waals surface area contributed by atoms with Gasteiger partial charge in [0.05, 0.1) is 5.56 Å². The summed E-state index contributed by atoms with van der Waals surface area (Å²) in [6, 6.07) is 2.65. The molecule has 0 atom stereocenters. The van der Waals surface area contributed by atoms with E-state index in [1.165, 1.54) is 6.92 Å². The highest BCUT2D eigenvalue weighted by Gasteiger charge is 2.19. The van der Waals surface area contributed by atoms with Crippen LogP contribution in [0.15, 0.2) is 23.1 Å². The van der Waals surface area contributed by atoms with Crippen LogP contribution in [-0.4, -0.2) is 25.2 Å². The number of carboxylic acid groups (broad SMARTS) is 1. The molecular weight excluding hydrogens is 247 g/mol. The van der Waals surface area contributed by atoms with E-state index in [4.69, 9.17) is 5.11 Å². The lowest BCUT2D eigenvalue weighted by Crippen LogP contribution is -2.09. The average molecular weight is 256 g/mol. The van der Waals surface area contributed by atoms with Crippen LogP contribution in [0.1, 0.15) is 17.3 Å². The van der Waals surface area contributed by atoms with Crippen LogP contribution in [0.3, 0.4) is 0 Å². The van der Waals surface area contributed by atoms with Crippen molar-refractivity contribution in [3.8, 4) is 11.8 Å². The Labute approximate surface area is 98.0 Å². The van der Waals surface area contributed by atoms with Crippen molar-refractivity contribution in [3.63, 3.8) is 0 Å². The predicted molar refractivity (Wildman–Crippen MR) is 58.9 cm³/mol. The SMILES string of the molecule is CC#CCS(=O)(=O)c1ccc(C(=O)O)cc1F. The van der Waals surface area contributed by atoms with Crippen molar-refractivity contribution in [1.29, 1.82) is 0 Å². The largest absolute Gasteiger partial charge is 0.478 e. The van der Waals surface area contributed by atoms with E-state index < -0.39 is 32.3 Å². The highest BCUT2D eigenvalue weighted by Crippen LogP contribution is 2.17. The Morgan fingerprint density at radius 2 is 2.12 bits per heavy atom. The summed E-state index contributed by atoms with van der Waals surface area (Å²) in [6.07, 6.45) is 0. The van der Waals surface area contributed by atoms with E-state index >= 15 is 0 Å². The molecule has 0 bridgehead atoms. The summed E-state index contributed by atoms with van der Waals surface area (Å²) in [5.74, 6) is 1.84. The molecule has 1 rings (SSSR count). The van der Waals surface area contributed by atoms with Crippen molar-refractivity contribution >= 4 is 15.8 Å². The second kappa shape index (κ2) is 4.97. The van der Waals surface area contributed by atoms with Crippen molar-refractivity contribution < 1.29 is 22.7 Å². The van der Waals surface area contributed by atoms with Crippen molar-refractivity contribution in [3.05, 3.63) is 29.6 Å². The van der Waals surface area contributed by atoms with Crippen molar-refractivity contribution in [2.24, 2.45) is 0 Å². The average Bonchev–Trinajstić information content (AvgIpc) is 2.25. The minimum absolute atomic E-state index is 0.303. The monoisotopic (exact) mass is 256 g/mol. The van der Waals surface area contributed by atoms with Crippen LogP contribution in [0.25, 0.3) is 0 Å². The fourth-order valence-corrected chi connectivity index (χ4v) is 2.25. The van der Waals surface area contributed by atoms with E-state index in [0.29, 0.717) is 6.07 Å². The molecule has 1 aromatic rings. The highest BCUT2D eigenvalue weighted by molar-refractivity contribution is 7.91. The van der Waals surface area contributed by atoms with Gasteiger partial charge in [0.15, 0.2) is 9.84 Å². The number of sulfone groups is 1. The molecule has 17 heavy (non-hydrogen) atoms. The minimum atomic E-state index is -3.84. The lowest BCUT2D eigenvalue weighted by Gasteiger charge is -2.03. The fraction of sp³-hybridized carbons (Fsp3) is 0.182. The third-order valence-corrected chi connectivity index (χ3v) is 3.48. The molecule has 0 aliphatic carbocycles. The molecule has 6 heteroatoms. The zero-order valence-corrected chi connectivity index (χ0v) is 9.71. The Balaban J connectivity index is 3.24. The molecule has 0 spiro atoms. The molecule has 0 saturated heterocycles. The number of aromatic carboxylic acids is 1. The summed E-state index contributed by atoms with van der Waals surface area (Å²) >= 11 is 0. The number of hydrogen-bond acceptors (Lipinski definition) is 3. The van der Waals surface area contributed by atoms with Gasteiger partial charge in [0.2, 0.25) is 0 Å². The zero-order valence-electron chi connectivity index (χ0n) is 8.90. The smallest absolute Gasteiger partial charge is 0.335 e. The van der Waals surface area contributed by atoms with E-state index in [9.17, 15) is 17.6 Å². The first kappa shape index (κ1) is 13.2. The van der Waals surface area contributed by atoms with Gasteiger partial charge in [0.1, 0.15) is 16.5 Å². The highest BCUT2D eigenvalue weighted by atomic mass is 32.2. The number of carboxylic acids is 1. The first-order chi connectivity index (χ1) is 7.88. The standard InChI is InChI=1S/C11H9FO4S/c1-2-3-6-17(15,16)10-5-4-8(11(13)14)7-9(10)12/h4-5,7H,6H2,1H3,(H,13,14). The summed E-state index contributed by atoms with van der Waals surface area (Å²) in [5, 5.41) is 8.61. The van der Waals surface area contributed by atoms with Gasteiger partial charge >= 0.3 is 5.97 Å². The quantitative estimate of drug-likeness (QED) is 0.828. The molecular formula is C11H9FO4S. The van der Waals surface area contributed by atoms with Gasteiger partial charge in [0, 0.05) is 0 Å². The summed E-state index contributed by atoms with van der Waals surface area (Å²) in [7, 11) is -3.84. The molecule has 0 saturated carbocycles. The summed E-state index contributed by atoms with van der Waals surface area (Å²) < 4.78 is 36.6. The number of rotatable bonds is 3. The first-order valence-corrected chi connectivity index (χ1v) is 6.19. The lowest BCUT2D eigenvalue weighted by atomic mass is 10.2. The van der Waals surface area contributed by atoms with E-state index in [-0.39, 0.29) is 5.56 Å². The molecule has 0 aliphatic heterocycles. The van der Waals surface area contributed by atoms with Crippen molar-refractivity contribution in [1.82, 2.24) is 0 Å². The van der Waals surface area contributed by atoms with Crippen LogP contribution in [0, 0.1) is 17.7 Å². The third-order valence-electron chi connectivity index (χ3n) is 1.95. The molecule has 0 fully saturated rings.